The Kier molecular flexibility index (Phi) is 5.63. The maximum Gasteiger partial charge on any atom is 0.254 e. The summed E-state index contributed by atoms with van der Waals surface area (Å²) in [6.07, 6.45) is 0. The lowest BCUT2D eigenvalue weighted by molar-refractivity contribution is 0.556. The van der Waals surface area contributed by atoms with E-state index in [4.69, 9.17) is 0 Å². The first-order valence-electron chi connectivity index (χ1n) is 8.04. The van der Waals surface area contributed by atoms with Crippen LogP contribution in [0.1, 0.15) is 33.4 Å². The summed E-state index contributed by atoms with van der Waals surface area (Å²) in [7, 11) is -8.11. The Hall–Kier alpha value is -1.74. The fourth-order valence-corrected chi connectivity index (χ4v) is 6.41. The smallest absolute Gasteiger partial charge is 0.206 e. The van der Waals surface area contributed by atoms with E-state index >= 15 is 0 Å². The molecule has 0 amide bonds. The molecule has 0 atom stereocenters. The number of sulfonamides is 2. The molecule has 0 aliphatic carbocycles. The van der Waals surface area contributed by atoms with Crippen molar-refractivity contribution in [3.8, 4) is 0 Å². The second kappa shape index (κ2) is 7.11. The molecule has 0 fully saturated rings. The zero-order chi connectivity index (χ0) is 19.9. The van der Waals surface area contributed by atoms with Crippen molar-refractivity contribution in [1.82, 2.24) is 9.66 Å². The van der Waals surface area contributed by atoms with E-state index in [1.165, 1.54) is 0 Å². The Bertz CT molecular complexity index is 939. The van der Waals surface area contributed by atoms with Crippen LogP contribution in [-0.4, -0.2) is 16.8 Å². The molecule has 0 aliphatic heterocycles. The number of nitrogens with one attached hydrogen (secondary N) is 2. The number of hydrogen-bond acceptors (Lipinski definition) is 4. The van der Waals surface area contributed by atoms with E-state index in [9.17, 15) is 16.8 Å². The molecule has 0 radical (unpaired) electrons. The highest BCUT2D eigenvalue weighted by Crippen LogP contribution is 2.23. The van der Waals surface area contributed by atoms with Crippen molar-refractivity contribution >= 4 is 20.0 Å². The van der Waals surface area contributed by atoms with Crippen LogP contribution >= 0.6 is 0 Å². The monoisotopic (exact) mass is 396 g/mol. The van der Waals surface area contributed by atoms with Gasteiger partial charge in [0, 0.05) is 0 Å². The zero-order valence-corrected chi connectivity index (χ0v) is 17.4. The fraction of sp³-hybridized carbons (Fsp3) is 0.333. The van der Waals surface area contributed by atoms with Crippen molar-refractivity contribution in [3.05, 3.63) is 57.6 Å². The summed E-state index contributed by atoms with van der Waals surface area (Å²) in [4.78, 5) is 4.18. The van der Waals surface area contributed by atoms with Gasteiger partial charge in [0.1, 0.15) is 0 Å². The summed E-state index contributed by atoms with van der Waals surface area (Å²) in [5.74, 6) is 0. The first kappa shape index (κ1) is 20.6. The second-order valence-electron chi connectivity index (χ2n) is 6.67. The maximum absolute atomic E-state index is 12.6. The van der Waals surface area contributed by atoms with Gasteiger partial charge in [-0.05, 0) is 63.8 Å². The predicted octanol–water partition coefficient (Wildman–Crippen LogP) is 2.71. The molecular formula is C18H24N2O4S2. The van der Waals surface area contributed by atoms with Gasteiger partial charge >= 0.3 is 0 Å². The summed E-state index contributed by atoms with van der Waals surface area (Å²) in [5.41, 5.74) is 4.08. The molecule has 2 N–H and O–H groups in total. The Labute approximate surface area is 155 Å². The van der Waals surface area contributed by atoms with E-state index in [1.54, 1.807) is 52.0 Å². The van der Waals surface area contributed by atoms with Gasteiger partial charge in [-0.2, -0.15) is 0 Å². The minimum absolute atomic E-state index is 0.0724. The van der Waals surface area contributed by atoms with Crippen molar-refractivity contribution in [2.75, 3.05) is 0 Å². The fourth-order valence-electron chi connectivity index (χ4n) is 3.39. The van der Waals surface area contributed by atoms with Crippen LogP contribution in [0.3, 0.4) is 0 Å². The van der Waals surface area contributed by atoms with Gasteiger partial charge in [0.05, 0.1) is 9.79 Å². The molecule has 0 heterocycles. The topological polar surface area (TPSA) is 92.3 Å². The maximum atomic E-state index is 12.6. The van der Waals surface area contributed by atoms with E-state index < -0.39 is 20.0 Å². The molecule has 0 saturated heterocycles. The van der Waals surface area contributed by atoms with Crippen LogP contribution in [0.5, 0.6) is 0 Å². The van der Waals surface area contributed by atoms with Gasteiger partial charge in [-0.15, -0.1) is 9.66 Å². The van der Waals surface area contributed by atoms with Crippen LogP contribution in [0, 0.1) is 41.5 Å². The predicted molar refractivity (Wildman–Crippen MR) is 102 cm³/mol. The number of hydrazine groups is 1. The van der Waals surface area contributed by atoms with E-state index in [0.29, 0.717) is 22.3 Å². The normalized spacial score (nSPS) is 12.4. The number of benzene rings is 2. The average molecular weight is 397 g/mol. The third-order valence-electron chi connectivity index (χ3n) is 4.06. The highest BCUT2D eigenvalue weighted by Gasteiger charge is 2.25. The Morgan fingerprint density at radius 1 is 0.538 bits per heavy atom. The number of aryl methyl sites for hydroxylation is 6. The molecule has 0 spiro atoms. The first-order valence-corrected chi connectivity index (χ1v) is 11.0. The lowest BCUT2D eigenvalue weighted by atomic mass is 10.1. The van der Waals surface area contributed by atoms with Crippen molar-refractivity contribution in [3.63, 3.8) is 0 Å². The van der Waals surface area contributed by atoms with Crippen molar-refractivity contribution in [1.29, 1.82) is 0 Å². The van der Waals surface area contributed by atoms with Gasteiger partial charge < -0.3 is 0 Å². The Morgan fingerprint density at radius 3 is 1.00 bits per heavy atom. The molecule has 6 nitrogen and oxygen atoms in total. The van der Waals surface area contributed by atoms with Crippen molar-refractivity contribution < 1.29 is 16.8 Å². The van der Waals surface area contributed by atoms with Crippen LogP contribution in [-0.2, 0) is 20.0 Å². The van der Waals surface area contributed by atoms with E-state index in [1.807, 2.05) is 23.5 Å². The van der Waals surface area contributed by atoms with Gasteiger partial charge in [-0.1, -0.05) is 35.4 Å². The third kappa shape index (κ3) is 4.15. The van der Waals surface area contributed by atoms with Gasteiger partial charge in [0.2, 0.25) is 0 Å². The summed E-state index contributed by atoms with van der Waals surface area (Å²) >= 11 is 0. The highest BCUT2D eigenvalue weighted by molar-refractivity contribution is 7.92. The summed E-state index contributed by atoms with van der Waals surface area (Å²) < 4.78 is 50.6. The van der Waals surface area contributed by atoms with Crippen LogP contribution in [0.25, 0.3) is 0 Å². The van der Waals surface area contributed by atoms with Gasteiger partial charge in [-0.3, -0.25) is 0 Å². The average Bonchev–Trinajstić information content (AvgIpc) is 2.42. The molecule has 2 rings (SSSR count). The van der Waals surface area contributed by atoms with Crippen molar-refractivity contribution in [2.45, 2.75) is 51.3 Å². The summed E-state index contributed by atoms with van der Waals surface area (Å²) in [6, 6.07) is 6.96. The summed E-state index contributed by atoms with van der Waals surface area (Å²) in [6.45, 7) is 10.5. The van der Waals surface area contributed by atoms with Crippen LogP contribution in [0.2, 0.25) is 0 Å². The molecular weight excluding hydrogens is 372 g/mol. The van der Waals surface area contributed by atoms with Crippen molar-refractivity contribution in [2.24, 2.45) is 0 Å². The lowest BCUT2D eigenvalue weighted by Crippen LogP contribution is -2.42. The quantitative estimate of drug-likeness (QED) is 0.760. The number of hydrogen-bond donors (Lipinski definition) is 2. The molecule has 2 aromatic rings. The van der Waals surface area contributed by atoms with Crippen LogP contribution in [0.15, 0.2) is 34.1 Å². The first-order chi connectivity index (χ1) is 11.8. The lowest BCUT2D eigenvalue weighted by Gasteiger charge is -2.16. The van der Waals surface area contributed by atoms with Gasteiger partial charge in [0.15, 0.2) is 0 Å². The molecule has 142 valence electrons. The largest absolute Gasteiger partial charge is 0.254 e. The molecule has 2 aromatic carbocycles. The second-order valence-corrected chi connectivity index (χ2v) is 9.91. The van der Waals surface area contributed by atoms with E-state index in [-0.39, 0.29) is 9.79 Å². The van der Waals surface area contributed by atoms with Gasteiger partial charge in [0.25, 0.3) is 20.0 Å². The molecule has 0 aromatic heterocycles. The van der Waals surface area contributed by atoms with E-state index in [2.05, 4.69) is 0 Å². The molecule has 0 aliphatic rings. The standard InChI is InChI=1S/C18H24N2O4S2/c1-11-7-13(3)17(14(4)8-11)25(21,22)19-20-26(23,24)18-15(5)9-12(2)10-16(18)6/h7-10,19-20H,1-6H3. The highest BCUT2D eigenvalue weighted by atomic mass is 32.2. The molecule has 0 saturated carbocycles. The molecule has 8 heteroatoms. The Balaban J connectivity index is 2.39. The number of rotatable bonds is 5. The SMILES string of the molecule is Cc1cc(C)c(S(=O)(=O)NNS(=O)(=O)c2c(C)cc(C)cc2C)c(C)c1. The molecule has 26 heavy (non-hydrogen) atoms. The molecule has 0 unspecified atom stereocenters. The van der Waals surface area contributed by atoms with E-state index in [0.717, 1.165) is 11.1 Å². The molecule has 0 bridgehead atoms. The third-order valence-corrected chi connectivity index (χ3v) is 7.29. The minimum atomic E-state index is -4.05. The Morgan fingerprint density at radius 2 is 0.769 bits per heavy atom. The zero-order valence-electron chi connectivity index (χ0n) is 15.8. The summed E-state index contributed by atoms with van der Waals surface area (Å²) in [5, 5.41) is 0. The van der Waals surface area contributed by atoms with Gasteiger partial charge in [-0.25, -0.2) is 16.8 Å². The van der Waals surface area contributed by atoms with Crippen LogP contribution < -0.4 is 9.66 Å². The van der Waals surface area contributed by atoms with Crippen LogP contribution in [0.4, 0.5) is 0 Å². The minimum Gasteiger partial charge on any atom is -0.206 e.